The Labute approximate surface area is 304 Å². The zero-order valence-electron chi connectivity index (χ0n) is 32.6. The normalized spacial score (nSPS) is 12.7. The molecule has 0 saturated heterocycles. The standard InChI is InChI=1S/C43H84O6/c1-2-3-4-5-6-7-8-9-17-20-23-26-29-32-35-40(43(48)49-39-41(45)38-44)36-33-30-27-24-21-18-15-13-11-10-12-14-16-19-22-25-28-31-34-37-42(46)47/h40-41,44-45H,2-39H2,1H3,(H,46,47). The second-order valence-corrected chi connectivity index (χ2v) is 15.2. The van der Waals surface area contributed by atoms with Gasteiger partial charge in [0.1, 0.15) is 12.7 Å². The van der Waals surface area contributed by atoms with Crippen LogP contribution < -0.4 is 0 Å². The largest absolute Gasteiger partial charge is 0.481 e. The summed E-state index contributed by atoms with van der Waals surface area (Å²) in [5, 5.41) is 27.4. The van der Waals surface area contributed by atoms with Crippen molar-refractivity contribution in [2.45, 2.75) is 244 Å². The van der Waals surface area contributed by atoms with Gasteiger partial charge in [0.15, 0.2) is 0 Å². The van der Waals surface area contributed by atoms with Crippen molar-refractivity contribution >= 4 is 11.9 Å². The summed E-state index contributed by atoms with van der Waals surface area (Å²) in [4.78, 5) is 23.3. The quantitative estimate of drug-likeness (QED) is 0.0434. The maximum atomic E-state index is 12.7. The Hall–Kier alpha value is -1.14. The zero-order chi connectivity index (χ0) is 35.9. The van der Waals surface area contributed by atoms with E-state index in [4.69, 9.17) is 14.9 Å². The lowest BCUT2D eigenvalue weighted by atomic mass is 9.94. The fourth-order valence-electron chi connectivity index (χ4n) is 6.99. The van der Waals surface area contributed by atoms with Crippen molar-refractivity contribution in [2.75, 3.05) is 13.2 Å². The van der Waals surface area contributed by atoms with Crippen LogP contribution in [0.2, 0.25) is 0 Å². The summed E-state index contributed by atoms with van der Waals surface area (Å²) >= 11 is 0. The highest BCUT2D eigenvalue weighted by atomic mass is 16.5. The number of ether oxygens (including phenoxy) is 1. The Balaban J connectivity index is 3.75. The highest BCUT2D eigenvalue weighted by Crippen LogP contribution is 2.22. The van der Waals surface area contributed by atoms with E-state index in [0.717, 1.165) is 38.5 Å². The number of carbonyl (C=O) groups is 2. The Morgan fingerprint density at radius 3 is 1.04 bits per heavy atom. The molecule has 2 atom stereocenters. The predicted octanol–water partition coefficient (Wildman–Crippen LogP) is 12.6. The van der Waals surface area contributed by atoms with E-state index in [1.54, 1.807) is 0 Å². The number of esters is 1. The highest BCUT2D eigenvalue weighted by Gasteiger charge is 2.20. The topological polar surface area (TPSA) is 104 Å². The van der Waals surface area contributed by atoms with Gasteiger partial charge in [-0.1, -0.05) is 212 Å². The summed E-state index contributed by atoms with van der Waals surface area (Å²) in [5.41, 5.74) is 0. The van der Waals surface area contributed by atoms with Gasteiger partial charge in [-0.25, -0.2) is 0 Å². The molecule has 0 aromatic carbocycles. The number of unbranched alkanes of at least 4 members (excludes halogenated alkanes) is 31. The summed E-state index contributed by atoms with van der Waals surface area (Å²) in [6.07, 6.45) is 43.7. The van der Waals surface area contributed by atoms with Crippen LogP contribution in [-0.2, 0) is 14.3 Å². The fraction of sp³-hybridized carbons (Fsp3) is 0.953. The summed E-state index contributed by atoms with van der Waals surface area (Å²) in [7, 11) is 0. The van der Waals surface area contributed by atoms with Crippen molar-refractivity contribution in [3.63, 3.8) is 0 Å². The molecule has 0 aromatic heterocycles. The van der Waals surface area contributed by atoms with E-state index in [1.165, 1.54) is 186 Å². The molecule has 0 rings (SSSR count). The van der Waals surface area contributed by atoms with E-state index in [2.05, 4.69) is 6.92 Å². The Bertz CT molecular complexity index is 683. The molecule has 0 fully saturated rings. The van der Waals surface area contributed by atoms with Crippen molar-refractivity contribution in [1.29, 1.82) is 0 Å². The molecule has 0 radical (unpaired) electrons. The van der Waals surface area contributed by atoms with E-state index in [0.29, 0.717) is 6.42 Å². The smallest absolute Gasteiger partial charge is 0.309 e. The van der Waals surface area contributed by atoms with Crippen LogP contribution in [0.4, 0.5) is 0 Å². The monoisotopic (exact) mass is 697 g/mol. The van der Waals surface area contributed by atoms with Crippen LogP contribution in [0.3, 0.4) is 0 Å². The van der Waals surface area contributed by atoms with E-state index in [1.807, 2.05) is 0 Å². The first-order valence-electron chi connectivity index (χ1n) is 21.7. The first-order valence-corrected chi connectivity index (χ1v) is 21.7. The van der Waals surface area contributed by atoms with Crippen LogP contribution >= 0.6 is 0 Å². The van der Waals surface area contributed by atoms with Gasteiger partial charge in [-0.2, -0.15) is 0 Å². The number of carbonyl (C=O) groups excluding carboxylic acids is 1. The number of aliphatic carboxylic acids is 1. The average molecular weight is 697 g/mol. The molecule has 0 heterocycles. The van der Waals surface area contributed by atoms with E-state index < -0.39 is 12.1 Å². The van der Waals surface area contributed by atoms with Gasteiger partial charge in [0.25, 0.3) is 0 Å². The van der Waals surface area contributed by atoms with Gasteiger partial charge in [-0.3, -0.25) is 9.59 Å². The molecule has 0 aliphatic rings. The first kappa shape index (κ1) is 47.9. The van der Waals surface area contributed by atoms with Crippen molar-refractivity contribution in [1.82, 2.24) is 0 Å². The van der Waals surface area contributed by atoms with Gasteiger partial charge in [-0.05, 0) is 19.3 Å². The third-order valence-electron chi connectivity index (χ3n) is 10.3. The summed E-state index contributed by atoms with van der Waals surface area (Å²) < 4.78 is 5.36. The maximum absolute atomic E-state index is 12.7. The van der Waals surface area contributed by atoms with Gasteiger partial charge in [-0.15, -0.1) is 0 Å². The zero-order valence-corrected chi connectivity index (χ0v) is 32.6. The van der Waals surface area contributed by atoms with Crippen LogP contribution in [-0.4, -0.2) is 46.6 Å². The molecule has 292 valence electrons. The molecule has 2 unspecified atom stereocenters. The molecule has 6 nitrogen and oxygen atoms in total. The second-order valence-electron chi connectivity index (χ2n) is 15.2. The Morgan fingerprint density at radius 2 is 0.755 bits per heavy atom. The maximum Gasteiger partial charge on any atom is 0.309 e. The average Bonchev–Trinajstić information content (AvgIpc) is 3.10. The third-order valence-corrected chi connectivity index (χ3v) is 10.3. The third kappa shape index (κ3) is 37.9. The van der Waals surface area contributed by atoms with E-state index in [9.17, 15) is 14.7 Å². The van der Waals surface area contributed by atoms with Crippen LogP contribution in [0.1, 0.15) is 238 Å². The van der Waals surface area contributed by atoms with Crippen LogP contribution in [0.15, 0.2) is 0 Å². The summed E-state index contributed by atoms with van der Waals surface area (Å²) in [6.45, 7) is 1.79. The number of hydrogen-bond acceptors (Lipinski definition) is 5. The minimum atomic E-state index is -0.985. The summed E-state index contributed by atoms with van der Waals surface area (Å²) in [6, 6.07) is 0. The SMILES string of the molecule is CCCCCCCCCCCCCCCCC(CCCCCCCCCCCCCCCCCCCCCC(=O)O)C(=O)OCC(O)CO. The van der Waals surface area contributed by atoms with Crippen LogP contribution in [0.5, 0.6) is 0 Å². The molecule has 0 spiro atoms. The fourth-order valence-corrected chi connectivity index (χ4v) is 6.99. The number of aliphatic hydroxyl groups excluding tert-OH is 2. The summed E-state index contributed by atoms with van der Waals surface area (Å²) in [5.74, 6) is -0.937. The first-order chi connectivity index (χ1) is 24.0. The minimum absolute atomic E-state index is 0.0786. The number of aliphatic hydroxyl groups is 2. The van der Waals surface area contributed by atoms with Gasteiger partial charge in [0.2, 0.25) is 0 Å². The number of carboxylic acid groups (broad SMARTS) is 1. The van der Waals surface area contributed by atoms with Gasteiger partial charge >= 0.3 is 11.9 Å². The lowest BCUT2D eigenvalue weighted by Gasteiger charge is -2.17. The van der Waals surface area contributed by atoms with Crippen LogP contribution in [0, 0.1) is 5.92 Å². The van der Waals surface area contributed by atoms with Crippen molar-refractivity contribution in [3.05, 3.63) is 0 Å². The molecule has 49 heavy (non-hydrogen) atoms. The Morgan fingerprint density at radius 1 is 0.469 bits per heavy atom. The second kappa shape index (κ2) is 39.6. The van der Waals surface area contributed by atoms with Crippen molar-refractivity contribution < 1.29 is 29.6 Å². The molecular formula is C43H84O6. The van der Waals surface area contributed by atoms with Gasteiger partial charge < -0.3 is 20.1 Å². The molecule has 6 heteroatoms. The molecule has 0 saturated carbocycles. The Kier molecular flexibility index (Phi) is 38.7. The number of rotatable bonds is 41. The van der Waals surface area contributed by atoms with Crippen LogP contribution in [0.25, 0.3) is 0 Å². The molecule has 0 aromatic rings. The van der Waals surface area contributed by atoms with E-state index >= 15 is 0 Å². The molecule has 0 bridgehead atoms. The molecule has 3 N–H and O–H groups in total. The number of hydrogen-bond donors (Lipinski definition) is 3. The van der Waals surface area contributed by atoms with Gasteiger partial charge in [0, 0.05) is 6.42 Å². The number of carboxylic acids is 1. The molecule has 0 aliphatic heterocycles. The highest BCUT2D eigenvalue weighted by molar-refractivity contribution is 5.72. The molecule has 0 amide bonds. The van der Waals surface area contributed by atoms with Crippen molar-refractivity contribution in [3.8, 4) is 0 Å². The molecular weight excluding hydrogens is 612 g/mol. The molecule has 0 aliphatic carbocycles. The van der Waals surface area contributed by atoms with Gasteiger partial charge in [0.05, 0.1) is 12.5 Å². The lowest BCUT2D eigenvalue weighted by molar-refractivity contribution is -0.152. The predicted molar refractivity (Wildman–Crippen MR) is 207 cm³/mol. The minimum Gasteiger partial charge on any atom is -0.481 e. The van der Waals surface area contributed by atoms with Crippen molar-refractivity contribution in [2.24, 2.45) is 5.92 Å². The van der Waals surface area contributed by atoms with E-state index in [-0.39, 0.29) is 25.1 Å². The lowest BCUT2D eigenvalue weighted by Crippen LogP contribution is -2.25.